The van der Waals surface area contributed by atoms with Gasteiger partial charge < -0.3 is 19.3 Å². The minimum atomic E-state index is -0.708. The van der Waals surface area contributed by atoms with Crippen molar-refractivity contribution in [2.24, 2.45) is 0 Å². The lowest BCUT2D eigenvalue weighted by molar-refractivity contribution is -0.161. The van der Waals surface area contributed by atoms with Crippen molar-refractivity contribution >= 4 is 5.97 Å². The van der Waals surface area contributed by atoms with Gasteiger partial charge in [-0.25, -0.2) is 4.79 Å². The topological polar surface area (TPSA) is 71.6 Å². The van der Waals surface area contributed by atoms with E-state index in [-0.39, 0.29) is 18.2 Å². The van der Waals surface area contributed by atoms with Crippen LogP contribution < -0.4 is 0 Å². The zero-order chi connectivity index (χ0) is 8.29. The second-order valence-electron chi connectivity index (χ2n) is 3.29. The SMILES string of the molecule is O=C1O[C@H]([C@H]2CO2)[C@H](O)[C@H]2O[C@@H]12. The summed E-state index contributed by atoms with van der Waals surface area (Å²) in [5.74, 6) is -0.370. The number of hydrogen-bond acceptors (Lipinski definition) is 5. The fourth-order valence-corrected chi connectivity index (χ4v) is 1.57. The molecule has 3 aliphatic rings. The second-order valence-corrected chi connectivity index (χ2v) is 3.29. The van der Waals surface area contributed by atoms with Crippen molar-refractivity contribution < 1.29 is 24.1 Å². The highest BCUT2D eigenvalue weighted by Crippen LogP contribution is 2.37. The Hall–Kier alpha value is -0.650. The average Bonchev–Trinajstić information content (AvgIpc) is 2.84. The van der Waals surface area contributed by atoms with Gasteiger partial charge >= 0.3 is 5.97 Å². The lowest BCUT2D eigenvalue weighted by Crippen LogP contribution is -2.45. The number of esters is 1. The standard InChI is InChI=1S/C7H8O5/c8-3-4(2-1-10-2)12-7(9)6-5(3)11-6/h2-6,8H,1H2/t2-,3+,4-,5-,6-/m1/s1. The number of carbonyl (C=O) groups excluding carboxylic acids is 1. The number of aliphatic hydroxyl groups excluding tert-OH is 1. The molecule has 0 bridgehead atoms. The number of aliphatic hydroxyl groups is 1. The zero-order valence-corrected chi connectivity index (χ0v) is 6.17. The Bertz CT molecular complexity index is 236. The van der Waals surface area contributed by atoms with E-state index >= 15 is 0 Å². The zero-order valence-electron chi connectivity index (χ0n) is 6.17. The third-order valence-electron chi connectivity index (χ3n) is 2.41. The van der Waals surface area contributed by atoms with E-state index in [1.165, 1.54) is 0 Å². The summed E-state index contributed by atoms with van der Waals surface area (Å²) in [4.78, 5) is 11.0. The molecule has 3 aliphatic heterocycles. The first-order valence-electron chi connectivity index (χ1n) is 3.93. The number of carbonyl (C=O) groups is 1. The lowest BCUT2D eigenvalue weighted by Gasteiger charge is -2.22. The van der Waals surface area contributed by atoms with Gasteiger partial charge in [-0.1, -0.05) is 0 Å². The van der Waals surface area contributed by atoms with Crippen molar-refractivity contribution in [1.82, 2.24) is 0 Å². The van der Waals surface area contributed by atoms with E-state index < -0.39 is 18.3 Å². The summed E-state index contributed by atoms with van der Waals surface area (Å²) >= 11 is 0. The van der Waals surface area contributed by atoms with Crippen LogP contribution in [0.5, 0.6) is 0 Å². The Balaban J connectivity index is 1.79. The minimum Gasteiger partial charge on any atom is -0.455 e. The van der Waals surface area contributed by atoms with Gasteiger partial charge in [0, 0.05) is 0 Å². The number of fused-ring (bicyclic) bond motifs is 1. The molecule has 0 aromatic heterocycles. The Kier molecular flexibility index (Phi) is 1.13. The van der Waals surface area contributed by atoms with Crippen LogP contribution in [0.15, 0.2) is 0 Å². The van der Waals surface area contributed by atoms with Crippen LogP contribution in [0.3, 0.4) is 0 Å². The predicted octanol–water partition coefficient (Wildman–Crippen LogP) is -1.56. The quantitative estimate of drug-likeness (QED) is 0.382. The maximum atomic E-state index is 11.0. The third kappa shape index (κ3) is 0.811. The highest BCUT2D eigenvalue weighted by Gasteiger charge is 2.61. The van der Waals surface area contributed by atoms with Crippen molar-refractivity contribution in [3.63, 3.8) is 0 Å². The summed E-state index contributed by atoms with van der Waals surface area (Å²) < 4.78 is 14.8. The third-order valence-corrected chi connectivity index (χ3v) is 2.41. The van der Waals surface area contributed by atoms with Crippen molar-refractivity contribution in [2.45, 2.75) is 30.5 Å². The van der Waals surface area contributed by atoms with Gasteiger partial charge in [0.15, 0.2) is 12.2 Å². The summed E-state index contributed by atoms with van der Waals surface area (Å²) in [7, 11) is 0. The smallest absolute Gasteiger partial charge is 0.338 e. The van der Waals surface area contributed by atoms with E-state index in [2.05, 4.69) is 0 Å². The van der Waals surface area contributed by atoms with Crippen LogP contribution in [0.1, 0.15) is 0 Å². The molecule has 0 aromatic carbocycles. The first kappa shape index (κ1) is 6.82. The van der Waals surface area contributed by atoms with E-state index in [4.69, 9.17) is 14.2 Å². The highest BCUT2D eigenvalue weighted by molar-refractivity contribution is 5.79. The van der Waals surface area contributed by atoms with Crippen molar-refractivity contribution in [1.29, 1.82) is 0 Å². The molecule has 5 heteroatoms. The van der Waals surface area contributed by atoms with E-state index in [0.717, 1.165) is 0 Å². The van der Waals surface area contributed by atoms with Crippen LogP contribution in [-0.2, 0) is 19.0 Å². The first-order valence-corrected chi connectivity index (χ1v) is 3.93. The van der Waals surface area contributed by atoms with Crippen LogP contribution in [-0.4, -0.2) is 48.2 Å². The molecule has 0 saturated carbocycles. The highest BCUT2D eigenvalue weighted by atomic mass is 16.7. The van der Waals surface area contributed by atoms with Crippen molar-refractivity contribution in [3.05, 3.63) is 0 Å². The number of rotatable bonds is 1. The molecule has 0 radical (unpaired) electrons. The Morgan fingerprint density at radius 2 is 2.17 bits per heavy atom. The molecule has 5 nitrogen and oxygen atoms in total. The molecule has 0 unspecified atom stereocenters. The second kappa shape index (κ2) is 1.99. The van der Waals surface area contributed by atoms with Gasteiger partial charge in [-0.15, -0.1) is 0 Å². The van der Waals surface area contributed by atoms with Gasteiger partial charge in [0.25, 0.3) is 0 Å². The fraction of sp³-hybridized carbons (Fsp3) is 0.857. The van der Waals surface area contributed by atoms with E-state index in [9.17, 15) is 9.90 Å². The van der Waals surface area contributed by atoms with Gasteiger partial charge in [-0.2, -0.15) is 0 Å². The molecule has 66 valence electrons. The van der Waals surface area contributed by atoms with E-state index in [1.807, 2.05) is 0 Å². The molecule has 3 saturated heterocycles. The Morgan fingerprint density at radius 1 is 1.42 bits per heavy atom. The Morgan fingerprint density at radius 3 is 2.83 bits per heavy atom. The van der Waals surface area contributed by atoms with Gasteiger partial charge in [-0.05, 0) is 0 Å². The maximum absolute atomic E-state index is 11.0. The number of cyclic esters (lactones) is 1. The van der Waals surface area contributed by atoms with E-state index in [0.29, 0.717) is 6.61 Å². The normalized spacial score (nSPS) is 55.8. The fourth-order valence-electron chi connectivity index (χ4n) is 1.57. The van der Waals surface area contributed by atoms with Crippen LogP contribution >= 0.6 is 0 Å². The summed E-state index contributed by atoms with van der Waals surface area (Å²) in [6.45, 7) is 0.562. The van der Waals surface area contributed by atoms with Gasteiger partial charge in [-0.3, -0.25) is 0 Å². The lowest BCUT2D eigenvalue weighted by atomic mass is 10.0. The molecule has 0 aliphatic carbocycles. The van der Waals surface area contributed by atoms with Gasteiger partial charge in [0.1, 0.15) is 18.3 Å². The van der Waals surface area contributed by atoms with Crippen LogP contribution in [0, 0.1) is 0 Å². The van der Waals surface area contributed by atoms with Crippen molar-refractivity contribution in [3.8, 4) is 0 Å². The summed E-state index contributed by atoms with van der Waals surface area (Å²) in [5.41, 5.74) is 0. The van der Waals surface area contributed by atoms with Crippen molar-refractivity contribution in [2.75, 3.05) is 6.61 Å². The average molecular weight is 172 g/mol. The van der Waals surface area contributed by atoms with Gasteiger partial charge in [0.05, 0.1) is 6.61 Å². The monoisotopic (exact) mass is 172 g/mol. The summed E-state index contributed by atoms with van der Waals surface area (Å²) in [6.07, 6.45) is -2.20. The largest absolute Gasteiger partial charge is 0.455 e. The number of ether oxygens (including phenoxy) is 3. The number of hydrogen-bond donors (Lipinski definition) is 1. The molecule has 0 spiro atoms. The molecule has 3 heterocycles. The molecular weight excluding hydrogens is 164 g/mol. The van der Waals surface area contributed by atoms with Gasteiger partial charge in [0.2, 0.25) is 0 Å². The van der Waals surface area contributed by atoms with E-state index in [1.54, 1.807) is 0 Å². The summed E-state index contributed by atoms with van der Waals surface area (Å²) in [6, 6.07) is 0. The summed E-state index contributed by atoms with van der Waals surface area (Å²) in [5, 5.41) is 9.53. The number of epoxide rings is 2. The van der Waals surface area contributed by atoms with Crippen LogP contribution in [0.4, 0.5) is 0 Å². The molecule has 3 fully saturated rings. The molecule has 0 amide bonds. The minimum absolute atomic E-state index is 0.117. The molecule has 0 aromatic rings. The first-order chi connectivity index (χ1) is 5.77. The van der Waals surface area contributed by atoms with Crippen LogP contribution in [0.2, 0.25) is 0 Å². The Labute approximate surface area is 68.2 Å². The maximum Gasteiger partial charge on any atom is 0.338 e. The van der Waals surface area contributed by atoms with Crippen LogP contribution in [0.25, 0.3) is 0 Å². The molecule has 5 atom stereocenters. The predicted molar refractivity (Wildman–Crippen MR) is 34.3 cm³/mol. The molecule has 1 N–H and O–H groups in total. The molecule has 12 heavy (non-hydrogen) atoms. The molecular formula is C7H8O5. The molecule has 3 rings (SSSR count).